The van der Waals surface area contributed by atoms with Crippen LogP contribution in [0.4, 0.5) is 0 Å². The molecule has 1 N–H and O–H groups in total. The smallest absolute Gasteiger partial charge is 0.314 e. The van der Waals surface area contributed by atoms with Crippen LogP contribution in [0.2, 0.25) is 0 Å². The molecule has 0 bridgehead atoms. The molecule has 72 valence electrons. The number of rotatable bonds is 4. The third-order valence-corrected chi connectivity index (χ3v) is 3.31. The fraction of sp³-hybridized carbons (Fsp3) is 0.375. The molecular formula is C8H9BrO3S. The summed E-state index contributed by atoms with van der Waals surface area (Å²) in [5.74, 6) is -1.41. The van der Waals surface area contributed by atoms with Gasteiger partial charge in [-0.25, -0.2) is 0 Å². The van der Waals surface area contributed by atoms with Crippen LogP contribution in [-0.2, 0) is 9.53 Å². The van der Waals surface area contributed by atoms with Crippen LogP contribution in [0.5, 0.6) is 0 Å². The van der Waals surface area contributed by atoms with Gasteiger partial charge in [-0.05, 0) is 28.1 Å². The van der Waals surface area contributed by atoms with Crippen molar-refractivity contribution in [3.63, 3.8) is 0 Å². The Labute approximate surface area is 88.5 Å². The Morgan fingerprint density at radius 3 is 2.85 bits per heavy atom. The summed E-state index contributed by atoms with van der Waals surface area (Å²) in [6.07, 6.45) is 0. The van der Waals surface area contributed by atoms with E-state index in [2.05, 4.69) is 15.9 Å². The number of aliphatic carboxylic acids is 1. The molecule has 1 atom stereocenters. The Balaban J connectivity index is 2.81. The molecule has 0 aliphatic carbocycles. The summed E-state index contributed by atoms with van der Waals surface area (Å²) >= 11 is 4.71. The Morgan fingerprint density at radius 1 is 1.77 bits per heavy atom. The Hall–Kier alpha value is -0.390. The number of carboxylic acids is 1. The van der Waals surface area contributed by atoms with E-state index in [0.717, 1.165) is 8.66 Å². The van der Waals surface area contributed by atoms with Gasteiger partial charge in [-0.2, -0.15) is 0 Å². The number of halogens is 1. The second kappa shape index (κ2) is 4.74. The maximum absolute atomic E-state index is 10.8. The highest BCUT2D eigenvalue weighted by atomic mass is 79.9. The van der Waals surface area contributed by atoms with Gasteiger partial charge in [0.25, 0.3) is 0 Å². The van der Waals surface area contributed by atoms with Crippen molar-refractivity contribution in [1.29, 1.82) is 0 Å². The molecule has 0 aliphatic heterocycles. The van der Waals surface area contributed by atoms with Gasteiger partial charge in [-0.15, -0.1) is 11.3 Å². The van der Waals surface area contributed by atoms with Crippen LogP contribution in [0, 0.1) is 0 Å². The molecule has 0 aliphatic rings. The maximum Gasteiger partial charge on any atom is 0.314 e. The predicted molar refractivity (Wildman–Crippen MR) is 54.3 cm³/mol. The quantitative estimate of drug-likeness (QED) is 0.908. The average molecular weight is 265 g/mol. The van der Waals surface area contributed by atoms with Crippen LogP contribution in [0.15, 0.2) is 15.9 Å². The van der Waals surface area contributed by atoms with Gasteiger partial charge in [0, 0.05) is 12.0 Å². The normalized spacial score (nSPS) is 12.8. The van der Waals surface area contributed by atoms with Crippen LogP contribution >= 0.6 is 27.3 Å². The summed E-state index contributed by atoms with van der Waals surface area (Å²) in [6, 6.07) is 3.64. The topological polar surface area (TPSA) is 46.5 Å². The Morgan fingerprint density at radius 2 is 2.46 bits per heavy atom. The van der Waals surface area contributed by atoms with Gasteiger partial charge >= 0.3 is 5.97 Å². The fourth-order valence-electron chi connectivity index (χ4n) is 0.957. The first-order valence-corrected chi connectivity index (χ1v) is 5.23. The van der Waals surface area contributed by atoms with E-state index in [1.807, 2.05) is 6.07 Å². The summed E-state index contributed by atoms with van der Waals surface area (Å²) in [5.41, 5.74) is 0. The number of carbonyl (C=O) groups is 1. The van der Waals surface area contributed by atoms with Crippen molar-refractivity contribution in [2.75, 3.05) is 13.7 Å². The van der Waals surface area contributed by atoms with E-state index in [9.17, 15) is 4.79 Å². The molecule has 0 fully saturated rings. The van der Waals surface area contributed by atoms with Gasteiger partial charge in [0.1, 0.15) is 5.92 Å². The van der Waals surface area contributed by atoms with Crippen LogP contribution < -0.4 is 0 Å². The second-order valence-electron chi connectivity index (χ2n) is 2.49. The summed E-state index contributed by atoms with van der Waals surface area (Å²) in [6.45, 7) is 0.211. The zero-order valence-electron chi connectivity index (χ0n) is 6.99. The first-order valence-electron chi connectivity index (χ1n) is 3.62. The SMILES string of the molecule is COCC(C(=O)O)c1ccc(Br)s1. The third kappa shape index (κ3) is 2.79. The van der Waals surface area contributed by atoms with E-state index in [0.29, 0.717) is 0 Å². The van der Waals surface area contributed by atoms with Gasteiger partial charge in [0.15, 0.2) is 0 Å². The van der Waals surface area contributed by atoms with Gasteiger partial charge in [0.05, 0.1) is 10.4 Å². The van der Waals surface area contributed by atoms with Gasteiger partial charge in [-0.3, -0.25) is 4.79 Å². The van der Waals surface area contributed by atoms with Crippen molar-refractivity contribution >= 4 is 33.2 Å². The monoisotopic (exact) mass is 264 g/mol. The van der Waals surface area contributed by atoms with Gasteiger partial charge in [0.2, 0.25) is 0 Å². The minimum atomic E-state index is -0.851. The molecule has 0 amide bonds. The summed E-state index contributed by atoms with van der Waals surface area (Å²) in [7, 11) is 1.50. The highest BCUT2D eigenvalue weighted by Gasteiger charge is 2.21. The molecule has 1 rings (SSSR count). The average Bonchev–Trinajstić information content (AvgIpc) is 2.46. The lowest BCUT2D eigenvalue weighted by Gasteiger charge is -2.07. The molecule has 1 unspecified atom stereocenters. The van der Waals surface area contributed by atoms with Crippen molar-refractivity contribution in [2.45, 2.75) is 5.92 Å². The summed E-state index contributed by atoms with van der Waals surface area (Å²) in [5, 5.41) is 8.88. The standard InChI is InChI=1S/C8H9BrO3S/c1-12-4-5(8(10)11)6-2-3-7(9)13-6/h2-3,5H,4H2,1H3,(H,10,11). The molecule has 1 heterocycles. The molecule has 0 saturated carbocycles. The lowest BCUT2D eigenvalue weighted by Crippen LogP contribution is -2.15. The largest absolute Gasteiger partial charge is 0.481 e. The number of methoxy groups -OCH3 is 1. The molecular weight excluding hydrogens is 256 g/mol. The first kappa shape index (κ1) is 10.7. The van der Waals surface area contributed by atoms with E-state index in [4.69, 9.17) is 9.84 Å². The Kier molecular flexibility index (Phi) is 3.90. The molecule has 3 nitrogen and oxygen atoms in total. The van der Waals surface area contributed by atoms with Crippen LogP contribution in [-0.4, -0.2) is 24.8 Å². The summed E-state index contributed by atoms with van der Waals surface area (Å²) < 4.78 is 5.77. The van der Waals surface area contributed by atoms with Crippen molar-refractivity contribution in [2.24, 2.45) is 0 Å². The van der Waals surface area contributed by atoms with Crippen LogP contribution in [0.25, 0.3) is 0 Å². The molecule has 0 radical (unpaired) electrons. The van der Waals surface area contributed by atoms with E-state index in [1.54, 1.807) is 6.07 Å². The number of thiophene rings is 1. The van der Waals surface area contributed by atoms with Crippen molar-refractivity contribution in [3.8, 4) is 0 Å². The number of hydrogen-bond donors (Lipinski definition) is 1. The minimum absolute atomic E-state index is 0.211. The first-order chi connectivity index (χ1) is 6.15. The molecule has 13 heavy (non-hydrogen) atoms. The van der Waals surface area contributed by atoms with Crippen molar-refractivity contribution in [3.05, 3.63) is 20.8 Å². The van der Waals surface area contributed by atoms with Crippen molar-refractivity contribution in [1.82, 2.24) is 0 Å². The summed E-state index contributed by atoms with van der Waals surface area (Å²) in [4.78, 5) is 11.6. The second-order valence-corrected chi connectivity index (χ2v) is 4.98. The van der Waals surface area contributed by atoms with Crippen LogP contribution in [0.3, 0.4) is 0 Å². The third-order valence-electron chi connectivity index (χ3n) is 1.57. The lowest BCUT2D eigenvalue weighted by molar-refractivity contribution is -0.140. The van der Waals surface area contributed by atoms with E-state index < -0.39 is 11.9 Å². The van der Waals surface area contributed by atoms with Gasteiger partial charge < -0.3 is 9.84 Å². The molecule has 5 heteroatoms. The van der Waals surface area contributed by atoms with Crippen LogP contribution in [0.1, 0.15) is 10.8 Å². The number of carboxylic acid groups (broad SMARTS) is 1. The van der Waals surface area contributed by atoms with E-state index >= 15 is 0 Å². The maximum atomic E-state index is 10.8. The predicted octanol–water partition coefficient (Wildman–Crippen LogP) is 2.33. The van der Waals surface area contributed by atoms with Gasteiger partial charge in [-0.1, -0.05) is 0 Å². The lowest BCUT2D eigenvalue weighted by atomic mass is 10.1. The highest BCUT2D eigenvalue weighted by molar-refractivity contribution is 9.11. The Bertz CT molecular complexity index is 297. The zero-order chi connectivity index (χ0) is 9.84. The molecule has 0 saturated heterocycles. The molecule has 1 aromatic heterocycles. The number of ether oxygens (including phenoxy) is 1. The molecule has 0 aromatic carbocycles. The van der Waals surface area contributed by atoms with Crippen molar-refractivity contribution < 1.29 is 14.6 Å². The molecule has 0 spiro atoms. The van der Waals surface area contributed by atoms with E-state index in [-0.39, 0.29) is 6.61 Å². The van der Waals surface area contributed by atoms with E-state index in [1.165, 1.54) is 18.4 Å². The fourth-order valence-corrected chi connectivity index (χ4v) is 2.46. The highest BCUT2D eigenvalue weighted by Crippen LogP contribution is 2.28. The zero-order valence-corrected chi connectivity index (χ0v) is 9.39. The molecule has 1 aromatic rings. The minimum Gasteiger partial charge on any atom is -0.481 e. The number of hydrogen-bond acceptors (Lipinski definition) is 3.